The summed E-state index contributed by atoms with van der Waals surface area (Å²) in [5, 5.41) is 13.3. The van der Waals surface area contributed by atoms with Crippen molar-refractivity contribution in [3.05, 3.63) is 83.9 Å². The first-order valence-corrected chi connectivity index (χ1v) is 10.9. The highest BCUT2D eigenvalue weighted by Gasteiger charge is 2.15. The number of carbonyl (C=O) groups is 1. The fraction of sp³-hybridized carbons (Fsp3) is 0.154. The van der Waals surface area contributed by atoms with Gasteiger partial charge in [-0.3, -0.25) is 14.8 Å². The maximum atomic E-state index is 12.6. The number of aromatic hydroxyl groups is 1. The number of pyridine rings is 1. The number of amides is 1. The predicted octanol–water partition coefficient (Wildman–Crippen LogP) is 3.84. The number of carbonyl (C=O) groups excluding carboxylic acids is 1. The monoisotopic (exact) mass is 470 g/mol. The first-order chi connectivity index (χ1) is 16.9. The number of hydrogen-bond donors (Lipinski definition) is 3. The lowest BCUT2D eigenvalue weighted by Crippen LogP contribution is -2.24. The number of aryl methyl sites for hydroxylation is 1. The molecule has 2 aromatic heterocycles. The fourth-order valence-corrected chi connectivity index (χ4v) is 3.49. The number of phenols is 1. The van der Waals surface area contributed by atoms with E-state index in [1.54, 1.807) is 37.7 Å². The molecule has 0 saturated heterocycles. The molecule has 0 aliphatic carbocycles. The van der Waals surface area contributed by atoms with E-state index >= 15 is 0 Å². The Morgan fingerprint density at radius 2 is 1.80 bits per heavy atom. The van der Waals surface area contributed by atoms with Crippen molar-refractivity contribution in [2.24, 2.45) is 0 Å². The fourth-order valence-electron chi connectivity index (χ4n) is 3.49. The van der Waals surface area contributed by atoms with E-state index in [1.165, 1.54) is 0 Å². The number of anilines is 3. The molecule has 4 N–H and O–H groups in total. The lowest BCUT2D eigenvalue weighted by Gasteiger charge is -2.21. The molecule has 0 unspecified atom stereocenters. The highest BCUT2D eigenvalue weighted by atomic mass is 16.5. The van der Waals surface area contributed by atoms with E-state index in [0.717, 1.165) is 22.8 Å². The predicted molar refractivity (Wildman–Crippen MR) is 135 cm³/mol. The van der Waals surface area contributed by atoms with Gasteiger partial charge in [0.25, 0.3) is 5.91 Å². The van der Waals surface area contributed by atoms with Gasteiger partial charge in [0.15, 0.2) is 0 Å². The molecular weight excluding hydrogens is 444 g/mol. The number of nitrogens with one attached hydrogen (secondary N) is 1. The van der Waals surface area contributed by atoms with E-state index in [4.69, 9.17) is 10.5 Å². The highest BCUT2D eigenvalue weighted by molar-refractivity contribution is 5.98. The van der Waals surface area contributed by atoms with Gasteiger partial charge in [0.1, 0.15) is 17.3 Å². The van der Waals surface area contributed by atoms with Crippen LogP contribution in [0.3, 0.4) is 0 Å². The molecule has 1 amide bonds. The van der Waals surface area contributed by atoms with Crippen LogP contribution in [0.1, 0.15) is 21.7 Å². The van der Waals surface area contributed by atoms with Crippen molar-refractivity contribution < 1.29 is 14.6 Å². The molecule has 0 bridgehead atoms. The minimum atomic E-state index is -0.374. The summed E-state index contributed by atoms with van der Waals surface area (Å²) < 4.78 is 5.22. The van der Waals surface area contributed by atoms with Gasteiger partial charge in [0.05, 0.1) is 42.5 Å². The normalized spacial score (nSPS) is 10.6. The Bertz CT molecular complexity index is 1340. The van der Waals surface area contributed by atoms with Crippen LogP contribution in [0.4, 0.5) is 17.2 Å². The third-order valence-electron chi connectivity index (χ3n) is 5.54. The molecule has 2 heterocycles. The molecule has 0 aliphatic heterocycles. The summed E-state index contributed by atoms with van der Waals surface area (Å²) in [5.41, 5.74) is 10.5. The molecule has 0 atom stereocenters. The summed E-state index contributed by atoms with van der Waals surface area (Å²) >= 11 is 0. The second-order valence-electron chi connectivity index (χ2n) is 7.92. The third-order valence-corrected chi connectivity index (χ3v) is 5.54. The Morgan fingerprint density at radius 3 is 2.46 bits per heavy atom. The smallest absolute Gasteiger partial charge is 0.255 e. The maximum absolute atomic E-state index is 12.6. The third kappa shape index (κ3) is 5.30. The molecule has 0 spiro atoms. The standard InChI is InChI=1S/C26H26N6O3/c1-16-13-29-17(14-28-16)15-30-26(34)21-9-10-23(31-25(21)27)22-12-19(6-11-24(22)33)32(2)18-4-7-20(35-3)8-5-18/h4-14,33H,15H2,1-3H3,(H2,27,31)(H,30,34). The number of benzene rings is 2. The molecule has 9 heteroatoms. The zero-order valence-electron chi connectivity index (χ0n) is 19.7. The first kappa shape index (κ1) is 23.5. The largest absolute Gasteiger partial charge is 0.507 e. The Kier molecular flexibility index (Phi) is 6.77. The van der Waals surface area contributed by atoms with E-state index in [2.05, 4.69) is 20.3 Å². The number of nitrogens with two attached hydrogens (primary N) is 1. The van der Waals surface area contributed by atoms with Gasteiger partial charge in [0.2, 0.25) is 0 Å². The zero-order chi connectivity index (χ0) is 24.9. The molecule has 4 rings (SSSR count). The Balaban J connectivity index is 1.54. The number of phenolic OH excluding ortho intramolecular Hbond substituents is 1. The summed E-state index contributed by atoms with van der Waals surface area (Å²) in [4.78, 5) is 27.4. The topological polar surface area (TPSA) is 126 Å². The Morgan fingerprint density at radius 1 is 1.06 bits per heavy atom. The quantitative estimate of drug-likeness (QED) is 0.372. The summed E-state index contributed by atoms with van der Waals surface area (Å²) in [7, 11) is 3.54. The second-order valence-corrected chi connectivity index (χ2v) is 7.92. The summed E-state index contributed by atoms with van der Waals surface area (Å²) in [6, 6.07) is 16.1. The van der Waals surface area contributed by atoms with Crippen LogP contribution in [-0.4, -0.2) is 40.1 Å². The van der Waals surface area contributed by atoms with Crippen LogP contribution in [0.15, 0.2) is 67.0 Å². The summed E-state index contributed by atoms with van der Waals surface area (Å²) in [6.45, 7) is 2.06. The van der Waals surface area contributed by atoms with Crippen molar-refractivity contribution in [1.29, 1.82) is 0 Å². The molecule has 4 aromatic rings. The minimum absolute atomic E-state index is 0.0546. The average Bonchev–Trinajstić information content (AvgIpc) is 2.88. The van der Waals surface area contributed by atoms with Gasteiger partial charge in [-0.25, -0.2) is 4.98 Å². The van der Waals surface area contributed by atoms with Crippen molar-refractivity contribution in [3.63, 3.8) is 0 Å². The Hall–Kier alpha value is -4.66. The molecule has 0 aliphatic rings. The van der Waals surface area contributed by atoms with Crippen LogP contribution in [0.2, 0.25) is 0 Å². The van der Waals surface area contributed by atoms with Crippen molar-refractivity contribution >= 4 is 23.1 Å². The second kappa shape index (κ2) is 10.1. The van der Waals surface area contributed by atoms with Gasteiger partial charge >= 0.3 is 0 Å². The van der Waals surface area contributed by atoms with Gasteiger partial charge < -0.3 is 25.8 Å². The first-order valence-electron chi connectivity index (χ1n) is 10.9. The minimum Gasteiger partial charge on any atom is -0.507 e. The number of aromatic nitrogens is 3. The van der Waals surface area contributed by atoms with Crippen molar-refractivity contribution in [2.75, 3.05) is 24.8 Å². The summed E-state index contributed by atoms with van der Waals surface area (Å²) in [6.07, 6.45) is 3.25. The van der Waals surface area contributed by atoms with Crippen LogP contribution >= 0.6 is 0 Å². The van der Waals surface area contributed by atoms with E-state index in [1.807, 2.05) is 55.3 Å². The van der Waals surface area contributed by atoms with Crippen molar-refractivity contribution in [1.82, 2.24) is 20.3 Å². The molecule has 0 radical (unpaired) electrons. The van der Waals surface area contributed by atoms with Gasteiger partial charge in [-0.2, -0.15) is 0 Å². The van der Waals surface area contributed by atoms with Crippen LogP contribution in [0.25, 0.3) is 11.3 Å². The van der Waals surface area contributed by atoms with E-state index in [0.29, 0.717) is 17.0 Å². The maximum Gasteiger partial charge on any atom is 0.255 e. The average molecular weight is 471 g/mol. The van der Waals surface area contributed by atoms with Crippen LogP contribution in [-0.2, 0) is 6.54 Å². The van der Waals surface area contributed by atoms with E-state index < -0.39 is 0 Å². The number of ether oxygens (including phenoxy) is 1. The molecule has 2 aromatic carbocycles. The number of nitrogen functional groups attached to an aromatic ring is 1. The lowest BCUT2D eigenvalue weighted by molar-refractivity contribution is 0.0951. The van der Waals surface area contributed by atoms with Crippen LogP contribution in [0, 0.1) is 6.92 Å². The zero-order valence-corrected chi connectivity index (χ0v) is 19.7. The number of methoxy groups -OCH3 is 1. The summed E-state index contributed by atoms with van der Waals surface area (Å²) in [5.74, 6) is 0.507. The Labute approximate surface area is 203 Å². The molecule has 0 fully saturated rings. The van der Waals surface area contributed by atoms with Gasteiger partial charge in [0, 0.05) is 30.2 Å². The molecule has 9 nitrogen and oxygen atoms in total. The van der Waals surface area contributed by atoms with E-state index in [-0.39, 0.29) is 29.6 Å². The highest BCUT2D eigenvalue weighted by Crippen LogP contribution is 2.35. The van der Waals surface area contributed by atoms with Gasteiger partial charge in [-0.15, -0.1) is 0 Å². The van der Waals surface area contributed by atoms with Gasteiger partial charge in [-0.05, 0) is 61.5 Å². The van der Waals surface area contributed by atoms with Crippen LogP contribution < -0.4 is 20.7 Å². The number of rotatable bonds is 7. The number of hydrogen-bond acceptors (Lipinski definition) is 8. The van der Waals surface area contributed by atoms with Crippen molar-refractivity contribution in [3.8, 4) is 22.8 Å². The van der Waals surface area contributed by atoms with Crippen LogP contribution in [0.5, 0.6) is 11.5 Å². The molecule has 35 heavy (non-hydrogen) atoms. The number of nitrogens with zero attached hydrogens (tertiary/aromatic N) is 4. The SMILES string of the molecule is COc1ccc(N(C)c2ccc(O)c(-c3ccc(C(=O)NCc4cnc(C)cn4)c(N)n3)c2)cc1. The molecular formula is C26H26N6O3. The van der Waals surface area contributed by atoms with Crippen molar-refractivity contribution in [2.45, 2.75) is 13.5 Å². The van der Waals surface area contributed by atoms with Gasteiger partial charge in [-0.1, -0.05) is 0 Å². The lowest BCUT2D eigenvalue weighted by atomic mass is 10.1. The van der Waals surface area contributed by atoms with E-state index in [9.17, 15) is 9.90 Å². The molecule has 0 saturated carbocycles. The molecule has 178 valence electrons.